The lowest BCUT2D eigenvalue weighted by Gasteiger charge is -2.03. The minimum absolute atomic E-state index is 0.0511. The summed E-state index contributed by atoms with van der Waals surface area (Å²) < 4.78 is 0. The second-order valence-electron chi connectivity index (χ2n) is 2.66. The molecule has 0 heterocycles. The monoisotopic (exact) mass is 166 g/mol. The summed E-state index contributed by atoms with van der Waals surface area (Å²) in [6.45, 7) is -0.431. The summed E-state index contributed by atoms with van der Waals surface area (Å²) in [4.78, 5) is 21.5. The summed E-state index contributed by atoms with van der Waals surface area (Å²) in [6.07, 6.45) is 5.39. The number of aliphatic hydroxyl groups is 1. The number of rotatable bonds is 3. The minimum Gasteiger partial charge on any atom is -0.389 e. The van der Waals surface area contributed by atoms with Gasteiger partial charge in [-0.15, -0.1) is 0 Å². The van der Waals surface area contributed by atoms with E-state index in [2.05, 4.69) is 0 Å². The second-order valence-corrected chi connectivity index (χ2v) is 2.66. The van der Waals surface area contributed by atoms with E-state index in [0.29, 0.717) is 6.42 Å². The molecule has 0 saturated carbocycles. The van der Waals surface area contributed by atoms with Crippen LogP contribution in [-0.2, 0) is 9.59 Å². The predicted molar refractivity (Wildman–Crippen MR) is 43.6 cm³/mol. The SMILES string of the molecule is O=C1C=CC(CC(=O)CO)=CC1. The van der Waals surface area contributed by atoms with Crippen LogP contribution < -0.4 is 0 Å². The molecule has 3 nitrogen and oxygen atoms in total. The average Bonchev–Trinajstić information content (AvgIpc) is 2.09. The van der Waals surface area contributed by atoms with Crippen LogP contribution in [0.1, 0.15) is 12.8 Å². The molecule has 0 spiro atoms. The van der Waals surface area contributed by atoms with Crippen LogP contribution in [0.4, 0.5) is 0 Å². The summed E-state index contributed by atoms with van der Waals surface area (Å²) >= 11 is 0. The second kappa shape index (κ2) is 3.97. The molecule has 1 rings (SSSR count). The van der Waals surface area contributed by atoms with Crippen LogP contribution in [0.2, 0.25) is 0 Å². The fourth-order valence-corrected chi connectivity index (χ4v) is 0.982. The van der Waals surface area contributed by atoms with Crippen LogP contribution >= 0.6 is 0 Å². The molecule has 0 amide bonds. The van der Waals surface area contributed by atoms with Crippen LogP contribution in [0.25, 0.3) is 0 Å². The fourth-order valence-electron chi connectivity index (χ4n) is 0.982. The first-order valence-corrected chi connectivity index (χ1v) is 3.75. The number of allylic oxidation sites excluding steroid dienone is 4. The molecule has 1 N–H and O–H groups in total. The Balaban J connectivity index is 2.50. The molecule has 64 valence electrons. The third-order valence-corrected chi connectivity index (χ3v) is 1.63. The molecule has 12 heavy (non-hydrogen) atoms. The summed E-state index contributed by atoms with van der Waals surface area (Å²) in [6, 6.07) is 0. The Hall–Kier alpha value is -1.22. The van der Waals surface area contributed by atoms with Gasteiger partial charge >= 0.3 is 0 Å². The molecule has 0 bridgehead atoms. The average molecular weight is 166 g/mol. The maximum atomic E-state index is 10.8. The number of aliphatic hydroxyl groups excluding tert-OH is 1. The molecule has 1 aliphatic rings. The summed E-state index contributed by atoms with van der Waals surface area (Å²) in [5, 5.41) is 8.45. The van der Waals surface area contributed by atoms with Crippen LogP contribution in [0.15, 0.2) is 23.8 Å². The first-order chi connectivity index (χ1) is 5.72. The van der Waals surface area contributed by atoms with E-state index in [1.165, 1.54) is 6.08 Å². The fraction of sp³-hybridized carbons (Fsp3) is 0.333. The molecule has 3 heteroatoms. The van der Waals surface area contributed by atoms with Gasteiger partial charge in [0.1, 0.15) is 6.61 Å². The van der Waals surface area contributed by atoms with E-state index in [0.717, 1.165) is 5.57 Å². The Kier molecular flexibility index (Phi) is 2.94. The molecule has 0 aliphatic heterocycles. The Labute approximate surface area is 70.4 Å². The van der Waals surface area contributed by atoms with Crippen LogP contribution in [0.3, 0.4) is 0 Å². The standard InChI is InChI=1S/C9H10O3/c10-6-9(12)5-7-1-3-8(11)4-2-7/h1-3,10H,4-6H2. The van der Waals surface area contributed by atoms with Gasteiger partial charge in [0.25, 0.3) is 0 Å². The van der Waals surface area contributed by atoms with Gasteiger partial charge in [-0.2, -0.15) is 0 Å². The zero-order chi connectivity index (χ0) is 8.97. The van der Waals surface area contributed by atoms with Gasteiger partial charge in [0.2, 0.25) is 0 Å². The quantitative estimate of drug-likeness (QED) is 0.660. The van der Waals surface area contributed by atoms with E-state index >= 15 is 0 Å². The Bertz CT molecular complexity index is 261. The first-order valence-electron chi connectivity index (χ1n) is 3.75. The molecule has 0 unspecified atom stereocenters. The predicted octanol–water partition coefficient (Wildman–Crippen LogP) is 0.393. The number of hydrogen-bond acceptors (Lipinski definition) is 3. The minimum atomic E-state index is -0.431. The lowest BCUT2D eigenvalue weighted by atomic mass is 10.0. The van der Waals surface area contributed by atoms with Crippen molar-refractivity contribution in [2.24, 2.45) is 0 Å². The Morgan fingerprint density at radius 1 is 1.50 bits per heavy atom. The van der Waals surface area contributed by atoms with Crippen molar-refractivity contribution in [2.45, 2.75) is 12.8 Å². The molecule has 0 saturated heterocycles. The van der Waals surface area contributed by atoms with Crippen molar-refractivity contribution in [1.29, 1.82) is 0 Å². The van der Waals surface area contributed by atoms with Gasteiger partial charge in [-0.3, -0.25) is 9.59 Å². The molecular formula is C9H10O3. The van der Waals surface area contributed by atoms with Gasteiger partial charge in [0.15, 0.2) is 11.6 Å². The van der Waals surface area contributed by atoms with Crippen LogP contribution in [-0.4, -0.2) is 23.3 Å². The van der Waals surface area contributed by atoms with Gasteiger partial charge in [-0.1, -0.05) is 12.2 Å². The smallest absolute Gasteiger partial charge is 0.162 e. The molecule has 0 fully saturated rings. The highest BCUT2D eigenvalue weighted by Gasteiger charge is 2.06. The highest BCUT2D eigenvalue weighted by atomic mass is 16.3. The molecule has 1 aliphatic carbocycles. The molecular weight excluding hydrogens is 156 g/mol. The van der Waals surface area contributed by atoms with Gasteiger partial charge < -0.3 is 5.11 Å². The molecule has 0 aromatic heterocycles. The first kappa shape index (κ1) is 8.87. The molecule has 0 aromatic rings. The van der Waals surface area contributed by atoms with Gasteiger partial charge in [-0.25, -0.2) is 0 Å². The van der Waals surface area contributed by atoms with Gasteiger partial charge in [0.05, 0.1) is 0 Å². The summed E-state index contributed by atoms with van der Waals surface area (Å²) in [7, 11) is 0. The summed E-state index contributed by atoms with van der Waals surface area (Å²) in [5.41, 5.74) is 0.814. The number of Topliss-reactive ketones (excluding diaryl/α,β-unsaturated/α-hetero) is 1. The Morgan fingerprint density at radius 2 is 2.25 bits per heavy atom. The van der Waals surface area contributed by atoms with Gasteiger partial charge in [0, 0.05) is 12.8 Å². The van der Waals surface area contributed by atoms with Crippen molar-refractivity contribution < 1.29 is 14.7 Å². The largest absolute Gasteiger partial charge is 0.389 e. The van der Waals surface area contributed by atoms with E-state index in [-0.39, 0.29) is 18.0 Å². The van der Waals surface area contributed by atoms with Crippen molar-refractivity contribution in [1.82, 2.24) is 0 Å². The molecule has 0 aromatic carbocycles. The number of ketones is 2. The van der Waals surface area contributed by atoms with Crippen LogP contribution in [0, 0.1) is 0 Å². The third kappa shape index (κ3) is 2.43. The zero-order valence-electron chi connectivity index (χ0n) is 6.62. The van der Waals surface area contributed by atoms with Crippen LogP contribution in [0.5, 0.6) is 0 Å². The third-order valence-electron chi connectivity index (χ3n) is 1.63. The normalized spacial score (nSPS) is 16.1. The number of carbonyl (C=O) groups is 2. The van der Waals surface area contributed by atoms with E-state index in [9.17, 15) is 9.59 Å². The summed E-state index contributed by atoms with van der Waals surface area (Å²) in [5.74, 6) is -0.171. The highest BCUT2D eigenvalue weighted by molar-refractivity contribution is 5.93. The zero-order valence-corrected chi connectivity index (χ0v) is 6.62. The van der Waals surface area contributed by atoms with Crippen molar-refractivity contribution in [3.8, 4) is 0 Å². The van der Waals surface area contributed by atoms with Gasteiger partial charge in [-0.05, 0) is 11.6 Å². The van der Waals surface area contributed by atoms with Crippen molar-refractivity contribution in [3.63, 3.8) is 0 Å². The van der Waals surface area contributed by atoms with E-state index in [1.54, 1.807) is 12.2 Å². The number of carbonyl (C=O) groups excluding carboxylic acids is 2. The van der Waals surface area contributed by atoms with Crippen molar-refractivity contribution in [2.75, 3.05) is 6.61 Å². The maximum Gasteiger partial charge on any atom is 0.162 e. The highest BCUT2D eigenvalue weighted by Crippen LogP contribution is 2.10. The van der Waals surface area contributed by atoms with E-state index < -0.39 is 6.61 Å². The Morgan fingerprint density at radius 3 is 2.75 bits per heavy atom. The molecule has 0 atom stereocenters. The topological polar surface area (TPSA) is 54.4 Å². The lowest BCUT2D eigenvalue weighted by molar-refractivity contribution is -0.121. The van der Waals surface area contributed by atoms with Crippen molar-refractivity contribution in [3.05, 3.63) is 23.8 Å². The lowest BCUT2D eigenvalue weighted by Crippen LogP contribution is -2.06. The number of hydrogen-bond donors (Lipinski definition) is 1. The van der Waals surface area contributed by atoms with Crippen molar-refractivity contribution >= 4 is 11.6 Å². The van der Waals surface area contributed by atoms with E-state index in [4.69, 9.17) is 5.11 Å². The maximum absolute atomic E-state index is 10.8. The molecule has 0 radical (unpaired) electrons. The van der Waals surface area contributed by atoms with E-state index in [1.807, 2.05) is 0 Å².